The van der Waals surface area contributed by atoms with Gasteiger partial charge in [0.2, 0.25) is 5.91 Å². The van der Waals surface area contributed by atoms with Gasteiger partial charge >= 0.3 is 0 Å². The van der Waals surface area contributed by atoms with Gasteiger partial charge in [-0.15, -0.1) is 5.10 Å². The second-order valence-corrected chi connectivity index (χ2v) is 5.74. The van der Waals surface area contributed by atoms with Gasteiger partial charge in [0.15, 0.2) is 0 Å². The highest BCUT2D eigenvalue weighted by molar-refractivity contribution is 5.78. The SMILES string of the molecule is Cc1c(CC(=O)N2CCNC(C)C2)nnn1-c1ccccc1. The monoisotopic (exact) mass is 299 g/mol. The maximum atomic E-state index is 12.4. The Hall–Kier alpha value is -2.21. The number of aromatic nitrogens is 3. The second-order valence-electron chi connectivity index (χ2n) is 5.74. The quantitative estimate of drug-likeness (QED) is 0.916. The Morgan fingerprint density at radius 1 is 1.36 bits per heavy atom. The minimum absolute atomic E-state index is 0.122. The maximum absolute atomic E-state index is 12.4. The van der Waals surface area contributed by atoms with Crippen LogP contribution in [0.1, 0.15) is 18.3 Å². The molecule has 1 aromatic carbocycles. The lowest BCUT2D eigenvalue weighted by molar-refractivity contribution is -0.131. The van der Waals surface area contributed by atoms with Crippen LogP contribution in [-0.2, 0) is 11.2 Å². The number of carbonyl (C=O) groups is 1. The first-order chi connectivity index (χ1) is 10.6. The van der Waals surface area contributed by atoms with Gasteiger partial charge in [-0.2, -0.15) is 0 Å². The van der Waals surface area contributed by atoms with Crippen LogP contribution in [0.2, 0.25) is 0 Å². The highest BCUT2D eigenvalue weighted by Crippen LogP contribution is 2.13. The molecular formula is C16H21N5O. The summed E-state index contributed by atoms with van der Waals surface area (Å²) >= 11 is 0. The van der Waals surface area contributed by atoms with Crippen LogP contribution in [0.3, 0.4) is 0 Å². The van der Waals surface area contributed by atoms with Crippen LogP contribution in [0, 0.1) is 6.92 Å². The summed E-state index contributed by atoms with van der Waals surface area (Å²) in [5.74, 6) is 0.122. The molecule has 22 heavy (non-hydrogen) atoms. The summed E-state index contributed by atoms with van der Waals surface area (Å²) in [6, 6.07) is 10.2. The molecule has 0 saturated carbocycles. The zero-order valence-electron chi connectivity index (χ0n) is 13.0. The van der Waals surface area contributed by atoms with Crippen molar-refractivity contribution >= 4 is 5.91 Å². The van der Waals surface area contributed by atoms with Crippen molar-refractivity contribution in [2.24, 2.45) is 0 Å². The lowest BCUT2D eigenvalue weighted by Crippen LogP contribution is -2.51. The Kier molecular flexibility index (Phi) is 4.20. The van der Waals surface area contributed by atoms with Crippen LogP contribution in [-0.4, -0.2) is 51.5 Å². The molecule has 116 valence electrons. The molecule has 3 rings (SSSR count). The molecule has 1 fully saturated rings. The van der Waals surface area contributed by atoms with Gasteiger partial charge in [0, 0.05) is 25.7 Å². The zero-order valence-corrected chi connectivity index (χ0v) is 13.0. The fourth-order valence-electron chi connectivity index (χ4n) is 2.75. The maximum Gasteiger partial charge on any atom is 0.228 e. The smallest absolute Gasteiger partial charge is 0.228 e. The van der Waals surface area contributed by atoms with Crippen molar-refractivity contribution in [2.45, 2.75) is 26.3 Å². The molecule has 2 heterocycles. The number of hydrogen-bond acceptors (Lipinski definition) is 4. The number of nitrogens with one attached hydrogen (secondary N) is 1. The predicted molar refractivity (Wildman–Crippen MR) is 83.8 cm³/mol. The van der Waals surface area contributed by atoms with Crippen molar-refractivity contribution < 1.29 is 4.79 Å². The van der Waals surface area contributed by atoms with E-state index in [0.717, 1.165) is 36.7 Å². The molecule has 1 aliphatic heterocycles. The molecular weight excluding hydrogens is 278 g/mol. The Bertz CT molecular complexity index is 652. The average Bonchev–Trinajstić information content (AvgIpc) is 2.89. The van der Waals surface area contributed by atoms with E-state index in [-0.39, 0.29) is 5.91 Å². The van der Waals surface area contributed by atoms with Crippen molar-refractivity contribution in [1.82, 2.24) is 25.2 Å². The van der Waals surface area contributed by atoms with E-state index in [1.807, 2.05) is 42.2 Å². The summed E-state index contributed by atoms with van der Waals surface area (Å²) in [6.45, 7) is 6.41. The molecule has 1 N–H and O–H groups in total. The van der Waals surface area contributed by atoms with E-state index in [1.165, 1.54) is 0 Å². The van der Waals surface area contributed by atoms with Gasteiger partial charge in [0.05, 0.1) is 23.5 Å². The van der Waals surface area contributed by atoms with Gasteiger partial charge in [-0.1, -0.05) is 23.4 Å². The number of amides is 1. The molecule has 1 amide bonds. The van der Waals surface area contributed by atoms with E-state index >= 15 is 0 Å². The first-order valence-electron chi connectivity index (χ1n) is 7.63. The molecule has 0 aliphatic carbocycles. The largest absolute Gasteiger partial charge is 0.340 e. The fraction of sp³-hybridized carbons (Fsp3) is 0.438. The van der Waals surface area contributed by atoms with Crippen molar-refractivity contribution in [3.63, 3.8) is 0 Å². The molecule has 0 spiro atoms. The Morgan fingerprint density at radius 2 is 2.14 bits per heavy atom. The topological polar surface area (TPSA) is 63.1 Å². The zero-order chi connectivity index (χ0) is 15.5. The van der Waals surface area contributed by atoms with E-state index in [9.17, 15) is 4.79 Å². The first-order valence-corrected chi connectivity index (χ1v) is 7.63. The molecule has 1 atom stereocenters. The summed E-state index contributed by atoms with van der Waals surface area (Å²) in [6.07, 6.45) is 0.311. The molecule has 1 unspecified atom stereocenters. The third-order valence-electron chi connectivity index (χ3n) is 4.03. The summed E-state index contributed by atoms with van der Waals surface area (Å²) in [4.78, 5) is 14.3. The minimum atomic E-state index is 0.122. The molecule has 6 nitrogen and oxygen atoms in total. The Morgan fingerprint density at radius 3 is 2.86 bits per heavy atom. The van der Waals surface area contributed by atoms with Gasteiger partial charge in [-0.3, -0.25) is 4.79 Å². The van der Waals surface area contributed by atoms with E-state index < -0.39 is 0 Å². The van der Waals surface area contributed by atoms with Gasteiger partial charge in [0.25, 0.3) is 0 Å². The molecule has 2 aromatic rings. The van der Waals surface area contributed by atoms with Crippen LogP contribution in [0.4, 0.5) is 0 Å². The second kappa shape index (κ2) is 6.27. The average molecular weight is 299 g/mol. The predicted octanol–water partition coefficient (Wildman–Crippen LogP) is 0.939. The van der Waals surface area contributed by atoms with E-state index in [0.29, 0.717) is 12.5 Å². The van der Waals surface area contributed by atoms with Crippen molar-refractivity contribution in [3.8, 4) is 5.69 Å². The van der Waals surface area contributed by atoms with E-state index in [1.54, 1.807) is 4.68 Å². The number of nitrogens with zero attached hydrogens (tertiary/aromatic N) is 4. The molecule has 1 aromatic heterocycles. The first kappa shape index (κ1) is 14.7. The Labute approximate surface area is 130 Å². The summed E-state index contributed by atoms with van der Waals surface area (Å²) in [5, 5.41) is 11.7. The highest BCUT2D eigenvalue weighted by atomic mass is 16.2. The summed E-state index contributed by atoms with van der Waals surface area (Å²) in [7, 11) is 0. The number of hydrogen-bond donors (Lipinski definition) is 1. The lowest BCUT2D eigenvalue weighted by Gasteiger charge is -2.31. The third-order valence-corrected chi connectivity index (χ3v) is 4.03. The molecule has 6 heteroatoms. The molecule has 0 radical (unpaired) electrons. The number of piperazine rings is 1. The number of rotatable bonds is 3. The van der Waals surface area contributed by atoms with E-state index in [4.69, 9.17) is 0 Å². The van der Waals surface area contributed by atoms with Crippen molar-refractivity contribution in [1.29, 1.82) is 0 Å². The van der Waals surface area contributed by atoms with Crippen LogP contribution in [0.25, 0.3) is 5.69 Å². The lowest BCUT2D eigenvalue weighted by atomic mass is 10.2. The molecule has 0 bridgehead atoms. The normalized spacial score (nSPS) is 18.5. The highest BCUT2D eigenvalue weighted by Gasteiger charge is 2.22. The van der Waals surface area contributed by atoms with Gasteiger partial charge in [-0.25, -0.2) is 4.68 Å². The van der Waals surface area contributed by atoms with Crippen LogP contribution in [0.15, 0.2) is 30.3 Å². The van der Waals surface area contributed by atoms with Crippen LogP contribution < -0.4 is 5.32 Å². The van der Waals surface area contributed by atoms with Gasteiger partial charge < -0.3 is 10.2 Å². The Balaban J connectivity index is 1.73. The standard InChI is InChI=1S/C16H21N5O/c1-12-11-20(9-8-17-12)16(22)10-15-13(2)21(19-18-15)14-6-4-3-5-7-14/h3-7,12,17H,8-11H2,1-2H3. The van der Waals surface area contributed by atoms with Gasteiger partial charge in [-0.05, 0) is 26.0 Å². The number of para-hydroxylation sites is 1. The van der Waals surface area contributed by atoms with Crippen molar-refractivity contribution in [2.75, 3.05) is 19.6 Å². The minimum Gasteiger partial charge on any atom is -0.340 e. The molecule has 1 saturated heterocycles. The summed E-state index contributed by atoms with van der Waals surface area (Å²) in [5.41, 5.74) is 2.63. The molecule has 1 aliphatic rings. The van der Waals surface area contributed by atoms with Crippen LogP contribution >= 0.6 is 0 Å². The van der Waals surface area contributed by atoms with Gasteiger partial charge in [0.1, 0.15) is 0 Å². The van der Waals surface area contributed by atoms with Crippen molar-refractivity contribution in [3.05, 3.63) is 41.7 Å². The third kappa shape index (κ3) is 3.01. The van der Waals surface area contributed by atoms with E-state index in [2.05, 4.69) is 22.6 Å². The van der Waals surface area contributed by atoms with Crippen LogP contribution in [0.5, 0.6) is 0 Å². The fourth-order valence-corrected chi connectivity index (χ4v) is 2.75. The number of benzene rings is 1. The summed E-state index contributed by atoms with van der Waals surface area (Å²) < 4.78 is 1.78. The number of carbonyl (C=O) groups excluding carboxylic acids is 1.